The molecule has 1 aliphatic carbocycles. The van der Waals surface area contributed by atoms with Crippen LogP contribution in [0.15, 0.2) is 36.8 Å². The van der Waals surface area contributed by atoms with E-state index in [0.717, 1.165) is 5.92 Å². The van der Waals surface area contributed by atoms with E-state index in [1.165, 1.54) is 56.5 Å². The zero-order valence-corrected chi connectivity index (χ0v) is 20.7. The summed E-state index contributed by atoms with van der Waals surface area (Å²) in [4.78, 5) is 53.1. The van der Waals surface area contributed by atoms with Gasteiger partial charge in [0.25, 0.3) is 5.91 Å². The lowest BCUT2D eigenvalue weighted by Crippen LogP contribution is -2.33. The molecule has 0 spiro atoms. The monoisotopic (exact) mass is 468 g/mol. The van der Waals surface area contributed by atoms with E-state index < -0.39 is 0 Å². The number of carbonyl (C=O) groups excluding carboxylic acids is 4. The van der Waals surface area contributed by atoms with Gasteiger partial charge in [-0.05, 0) is 30.5 Å². The maximum absolute atomic E-state index is 12.4. The summed E-state index contributed by atoms with van der Waals surface area (Å²) in [7, 11) is 0. The summed E-state index contributed by atoms with van der Waals surface area (Å²) in [5, 5.41) is 2.60. The number of ketones is 1. The SMILES string of the molecule is C=O.CC.CC(=O)c1cccc2c1CN(CC(=O)Nc1ccncn1)C2=O.CC1CCCCC1. The molecule has 2 amide bonds. The van der Waals surface area contributed by atoms with E-state index in [1.807, 2.05) is 20.6 Å². The van der Waals surface area contributed by atoms with Gasteiger partial charge in [0, 0.05) is 23.9 Å². The molecule has 0 unspecified atom stereocenters. The summed E-state index contributed by atoms with van der Waals surface area (Å²) in [6, 6.07) is 6.61. The molecule has 1 aromatic carbocycles. The van der Waals surface area contributed by atoms with Crippen molar-refractivity contribution in [3.05, 3.63) is 53.5 Å². The Hall–Kier alpha value is -3.42. The lowest BCUT2D eigenvalue weighted by molar-refractivity contribution is -0.117. The predicted octanol–water partition coefficient (Wildman–Crippen LogP) is 4.70. The third-order valence-electron chi connectivity index (χ3n) is 5.50. The van der Waals surface area contributed by atoms with Gasteiger partial charge in [0.05, 0.1) is 0 Å². The third kappa shape index (κ3) is 8.50. The fourth-order valence-electron chi connectivity index (χ4n) is 3.88. The predicted molar refractivity (Wildman–Crippen MR) is 133 cm³/mol. The van der Waals surface area contributed by atoms with Crippen molar-refractivity contribution in [1.82, 2.24) is 14.9 Å². The minimum atomic E-state index is -0.353. The molecule has 0 atom stereocenters. The largest absolute Gasteiger partial charge is 0.325 e. The van der Waals surface area contributed by atoms with Crippen molar-refractivity contribution < 1.29 is 19.2 Å². The van der Waals surface area contributed by atoms with Crippen molar-refractivity contribution in [1.29, 1.82) is 0 Å². The summed E-state index contributed by atoms with van der Waals surface area (Å²) < 4.78 is 0. The molecule has 34 heavy (non-hydrogen) atoms. The molecule has 0 bridgehead atoms. The van der Waals surface area contributed by atoms with Gasteiger partial charge in [-0.25, -0.2) is 9.97 Å². The lowest BCUT2D eigenvalue weighted by Gasteiger charge is -2.15. The maximum atomic E-state index is 12.4. The highest BCUT2D eigenvalue weighted by molar-refractivity contribution is 6.06. The van der Waals surface area contributed by atoms with Crippen LogP contribution in [0.3, 0.4) is 0 Å². The summed E-state index contributed by atoms with van der Waals surface area (Å²) in [5.41, 5.74) is 1.68. The molecule has 1 N–H and O–H groups in total. The second kappa shape index (κ2) is 15.4. The van der Waals surface area contributed by atoms with Crippen LogP contribution in [0.1, 0.15) is 86.1 Å². The van der Waals surface area contributed by atoms with Crippen molar-refractivity contribution in [2.45, 2.75) is 66.3 Å². The van der Waals surface area contributed by atoms with Crippen LogP contribution >= 0.6 is 0 Å². The van der Waals surface area contributed by atoms with Gasteiger partial charge in [-0.15, -0.1) is 0 Å². The first-order valence-electron chi connectivity index (χ1n) is 11.7. The molecule has 8 nitrogen and oxygen atoms in total. The lowest BCUT2D eigenvalue weighted by atomic mass is 9.91. The smallest absolute Gasteiger partial charge is 0.254 e. The molecule has 2 aromatic rings. The number of fused-ring (bicyclic) bond motifs is 1. The van der Waals surface area contributed by atoms with E-state index in [-0.39, 0.29) is 30.7 Å². The first-order valence-corrected chi connectivity index (χ1v) is 11.7. The number of hydrogen-bond acceptors (Lipinski definition) is 6. The van der Waals surface area contributed by atoms with Crippen LogP contribution in [0.4, 0.5) is 5.82 Å². The molecular weight excluding hydrogens is 432 g/mol. The topological polar surface area (TPSA) is 109 Å². The number of anilines is 1. The Balaban J connectivity index is 0.000000441. The zero-order chi connectivity index (χ0) is 25.5. The molecular formula is C26H36N4O4. The van der Waals surface area contributed by atoms with Gasteiger partial charge in [-0.1, -0.05) is 65.0 Å². The molecule has 4 rings (SSSR count). The van der Waals surface area contributed by atoms with Crippen molar-refractivity contribution in [2.75, 3.05) is 11.9 Å². The number of hydrogen-bond donors (Lipinski definition) is 1. The van der Waals surface area contributed by atoms with Gasteiger partial charge in [-0.3, -0.25) is 14.4 Å². The Morgan fingerprint density at radius 1 is 1.12 bits per heavy atom. The van der Waals surface area contributed by atoms with E-state index in [4.69, 9.17) is 4.79 Å². The Bertz CT molecular complexity index is 928. The number of benzene rings is 1. The second-order valence-electron chi connectivity index (χ2n) is 7.94. The number of aromatic nitrogens is 2. The number of Topliss-reactive ketones (excluding diaryl/α,β-unsaturated/α-hetero) is 1. The van der Waals surface area contributed by atoms with Crippen LogP contribution in [0.5, 0.6) is 0 Å². The average Bonchev–Trinajstić information content (AvgIpc) is 3.18. The number of nitrogens with zero attached hydrogens (tertiary/aromatic N) is 3. The Morgan fingerprint density at radius 3 is 2.32 bits per heavy atom. The van der Waals surface area contributed by atoms with E-state index >= 15 is 0 Å². The van der Waals surface area contributed by atoms with Gasteiger partial charge < -0.3 is 15.0 Å². The fourth-order valence-corrected chi connectivity index (χ4v) is 3.88. The van der Waals surface area contributed by atoms with Gasteiger partial charge in [0.2, 0.25) is 5.91 Å². The quantitative estimate of drug-likeness (QED) is 0.651. The number of amides is 2. The van der Waals surface area contributed by atoms with Gasteiger partial charge in [0.15, 0.2) is 5.78 Å². The molecule has 8 heteroatoms. The molecule has 1 saturated carbocycles. The van der Waals surface area contributed by atoms with Crippen molar-refractivity contribution in [3.63, 3.8) is 0 Å². The van der Waals surface area contributed by atoms with Crippen LogP contribution in [0.2, 0.25) is 0 Å². The number of carbonyl (C=O) groups is 4. The normalized spacial score (nSPS) is 14.2. The van der Waals surface area contributed by atoms with E-state index in [9.17, 15) is 14.4 Å². The van der Waals surface area contributed by atoms with Crippen LogP contribution in [0.25, 0.3) is 0 Å². The van der Waals surface area contributed by atoms with E-state index in [0.29, 0.717) is 22.5 Å². The maximum Gasteiger partial charge on any atom is 0.254 e. The summed E-state index contributed by atoms with van der Waals surface area (Å²) in [6.45, 7) is 9.97. The summed E-state index contributed by atoms with van der Waals surface area (Å²) >= 11 is 0. The minimum Gasteiger partial charge on any atom is -0.325 e. The number of nitrogens with one attached hydrogen (secondary N) is 1. The fraction of sp³-hybridized carbons (Fsp3) is 0.462. The first kappa shape index (κ1) is 28.6. The highest BCUT2D eigenvalue weighted by Gasteiger charge is 2.31. The van der Waals surface area contributed by atoms with Crippen molar-refractivity contribution in [3.8, 4) is 0 Å². The Morgan fingerprint density at radius 2 is 1.79 bits per heavy atom. The standard InChI is InChI=1S/C16H14N4O3.C7H14.C2H6.CH2O/c1-10(21)11-3-2-4-12-13(11)7-20(16(12)23)8-15(22)19-14-5-6-17-9-18-14;1-7-5-3-2-4-6-7;2*1-2/h2-6,9H,7-8H2,1H3,(H,17,18,19,22);7H,2-6H2,1H3;1-2H3;1H2. The van der Waals surface area contributed by atoms with Crippen LogP contribution in [-0.4, -0.2) is 45.8 Å². The minimum absolute atomic E-state index is 0.0954. The molecule has 1 aromatic heterocycles. The van der Waals surface area contributed by atoms with Crippen LogP contribution in [-0.2, 0) is 16.1 Å². The molecule has 2 aliphatic rings. The second-order valence-corrected chi connectivity index (χ2v) is 7.94. The molecule has 0 radical (unpaired) electrons. The van der Waals surface area contributed by atoms with Gasteiger partial charge in [0.1, 0.15) is 25.5 Å². The Kier molecular flexibility index (Phi) is 13.0. The third-order valence-corrected chi connectivity index (χ3v) is 5.50. The summed E-state index contributed by atoms with van der Waals surface area (Å²) in [5.74, 6) is 0.712. The first-order chi connectivity index (χ1) is 16.5. The van der Waals surface area contributed by atoms with E-state index in [2.05, 4.69) is 22.2 Å². The highest BCUT2D eigenvalue weighted by Crippen LogP contribution is 2.26. The Labute approximate surface area is 202 Å². The highest BCUT2D eigenvalue weighted by atomic mass is 16.2. The molecule has 184 valence electrons. The molecule has 2 heterocycles. The van der Waals surface area contributed by atoms with Crippen LogP contribution in [0, 0.1) is 5.92 Å². The van der Waals surface area contributed by atoms with Crippen molar-refractivity contribution in [2.24, 2.45) is 5.92 Å². The molecule has 0 saturated heterocycles. The average molecular weight is 469 g/mol. The van der Waals surface area contributed by atoms with Crippen molar-refractivity contribution >= 4 is 30.2 Å². The van der Waals surface area contributed by atoms with Gasteiger partial charge >= 0.3 is 0 Å². The molecule has 1 aliphatic heterocycles. The number of rotatable bonds is 4. The summed E-state index contributed by atoms with van der Waals surface area (Å²) in [6.07, 6.45) is 10.3. The van der Waals surface area contributed by atoms with Gasteiger partial charge in [-0.2, -0.15) is 0 Å². The van der Waals surface area contributed by atoms with E-state index in [1.54, 1.807) is 24.3 Å². The zero-order valence-electron chi connectivity index (χ0n) is 20.7. The molecule has 1 fully saturated rings. The van der Waals surface area contributed by atoms with Crippen LogP contribution < -0.4 is 5.32 Å².